The molecule has 1 N–H and O–H groups in total. The second kappa shape index (κ2) is 4.96. The van der Waals surface area contributed by atoms with Gasteiger partial charge in [0, 0.05) is 26.7 Å². The predicted octanol–water partition coefficient (Wildman–Crippen LogP) is 4.97. The fourth-order valence-corrected chi connectivity index (χ4v) is 2.91. The third-order valence-corrected chi connectivity index (χ3v) is 4.16. The van der Waals surface area contributed by atoms with Crippen LogP contribution in [0.5, 0.6) is 0 Å². The number of hydrogen-bond donors (Lipinski definition) is 1. The molecule has 1 heterocycles. The van der Waals surface area contributed by atoms with Crippen LogP contribution < -0.4 is 4.72 Å². The minimum Gasteiger partial charge on any atom is -0.456 e. The molecule has 0 amide bonds. The Kier molecular flexibility index (Phi) is 3.33. The molecule has 0 radical (unpaired) electrons. The predicted molar refractivity (Wildman–Crippen MR) is 81.0 cm³/mol. The number of hydrogen-bond acceptors (Lipinski definition) is 3. The van der Waals surface area contributed by atoms with Gasteiger partial charge in [-0.05, 0) is 48.3 Å². The molecule has 4 heteroatoms. The normalized spacial score (nSPS) is 11.4. The van der Waals surface area contributed by atoms with Crippen molar-refractivity contribution < 1.29 is 4.42 Å². The Labute approximate surface area is 118 Å². The highest BCUT2D eigenvalue weighted by Crippen LogP contribution is 2.32. The number of halogens is 1. The van der Waals surface area contributed by atoms with E-state index in [-0.39, 0.29) is 0 Å². The van der Waals surface area contributed by atoms with Crippen LogP contribution in [-0.2, 0) is 0 Å². The van der Waals surface area contributed by atoms with Gasteiger partial charge in [-0.1, -0.05) is 22.9 Å². The first-order valence-electron chi connectivity index (χ1n) is 5.79. The Bertz CT molecular complexity index is 707. The molecule has 0 atom stereocenters. The van der Waals surface area contributed by atoms with Crippen LogP contribution in [0.25, 0.3) is 21.9 Å². The van der Waals surface area contributed by atoms with Gasteiger partial charge in [-0.3, -0.25) is 4.72 Å². The van der Waals surface area contributed by atoms with Crippen molar-refractivity contribution in [2.75, 3.05) is 6.54 Å². The third-order valence-electron chi connectivity index (χ3n) is 2.74. The van der Waals surface area contributed by atoms with Crippen LogP contribution in [0.2, 0.25) is 0 Å². The molecule has 0 fully saturated rings. The average Bonchev–Trinajstić information content (AvgIpc) is 2.72. The van der Waals surface area contributed by atoms with Gasteiger partial charge in [0.2, 0.25) is 0 Å². The Morgan fingerprint density at radius 1 is 1.11 bits per heavy atom. The molecular weight excluding hydrogens is 310 g/mol. The van der Waals surface area contributed by atoms with E-state index in [4.69, 9.17) is 4.42 Å². The fourth-order valence-electron chi connectivity index (χ4n) is 1.95. The van der Waals surface area contributed by atoms with Gasteiger partial charge < -0.3 is 4.42 Å². The molecule has 0 aliphatic carbocycles. The molecule has 3 aromatic rings. The number of nitrogens with one attached hydrogen (secondary N) is 1. The maximum absolute atomic E-state index is 5.83. The molecule has 0 bridgehead atoms. The van der Waals surface area contributed by atoms with E-state index >= 15 is 0 Å². The summed E-state index contributed by atoms with van der Waals surface area (Å²) in [5, 5.41) is 2.33. The Hall–Kier alpha value is -0.970. The van der Waals surface area contributed by atoms with Crippen molar-refractivity contribution in [3.05, 3.63) is 40.9 Å². The third kappa shape index (κ3) is 2.16. The van der Waals surface area contributed by atoms with Crippen LogP contribution in [0, 0.1) is 0 Å². The Morgan fingerprint density at radius 2 is 2.00 bits per heavy atom. The lowest BCUT2D eigenvalue weighted by molar-refractivity contribution is 0.668. The van der Waals surface area contributed by atoms with E-state index in [1.165, 1.54) is 10.3 Å². The van der Waals surface area contributed by atoms with E-state index in [2.05, 4.69) is 45.8 Å². The average molecular weight is 322 g/mol. The first kappa shape index (κ1) is 12.1. The maximum Gasteiger partial charge on any atom is 0.136 e. The highest BCUT2D eigenvalue weighted by atomic mass is 79.9. The molecule has 2 aromatic carbocycles. The summed E-state index contributed by atoms with van der Waals surface area (Å²) in [7, 11) is 0. The van der Waals surface area contributed by atoms with E-state index in [1.807, 2.05) is 18.2 Å². The van der Waals surface area contributed by atoms with Gasteiger partial charge in [-0.2, -0.15) is 0 Å². The second-order valence-electron chi connectivity index (χ2n) is 4.00. The molecular formula is C14H12BrNOS. The smallest absolute Gasteiger partial charge is 0.136 e. The zero-order valence-corrected chi connectivity index (χ0v) is 12.3. The summed E-state index contributed by atoms with van der Waals surface area (Å²) in [5.74, 6) is 0. The van der Waals surface area contributed by atoms with Gasteiger partial charge in [0.15, 0.2) is 0 Å². The van der Waals surface area contributed by atoms with Crippen LogP contribution in [0.15, 0.2) is 50.2 Å². The standard InChI is InChI=1S/C14H12BrNOS/c1-2-16-18-10-4-6-13-12(8-10)11-5-3-9(15)7-14(11)17-13/h3-8,16H,2H2,1H3. The number of rotatable bonds is 3. The summed E-state index contributed by atoms with van der Waals surface area (Å²) in [6.07, 6.45) is 0. The second-order valence-corrected chi connectivity index (χ2v) is 5.88. The molecule has 1 aromatic heterocycles. The van der Waals surface area contributed by atoms with Crippen LogP contribution >= 0.6 is 27.9 Å². The van der Waals surface area contributed by atoms with Gasteiger partial charge in [-0.15, -0.1) is 0 Å². The molecule has 18 heavy (non-hydrogen) atoms. The van der Waals surface area contributed by atoms with Crippen LogP contribution in [0.1, 0.15) is 6.92 Å². The Balaban J connectivity index is 2.16. The summed E-state index contributed by atoms with van der Waals surface area (Å²) in [6.45, 7) is 3.04. The minimum absolute atomic E-state index is 0.921. The van der Waals surface area contributed by atoms with Crippen molar-refractivity contribution in [3.63, 3.8) is 0 Å². The van der Waals surface area contributed by atoms with Crippen molar-refractivity contribution in [3.8, 4) is 0 Å². The molecule has 0 saturated carbocycles. The number of benzene rings is 2. The summed E-state index contributed by atoms with van der Waals surface area (Å²) in [4.78, 5) is 1.20. The Morgan fingerprint density at radius 3 is 2.83 bits per heavy atom. The van der Waals surface area contributed by atoms with E-state index in [0.29, 0.717) is 0 Å². The fraction of sp³-hybridized carbons (Fsp3) is 0.143. The summed E-state index contributed by atoms with van der Waals surface area (Å²) >= 11 is 5.11. The van der Waals surface area contributed by atoms with Crippen LogP contribution in [0.4, 0.5) is 0 Å². The number of furan rings is 1. The first-order chi connectivity index (χ1) is 8.78. The van der Waals surface area contributed by atoms with Crippen molar-refractivity contribution in [1.82, 2.24) is 4.72 Å². The monoisotopic (exact) mass is 321 g/mol. The van der Waals surface area contributed by atoms with Gasteiger partial charge in [0.1, 0.15) is 11.2 Å². The quantitative estimate of drug-likeness (QED) is 0.690. The van der Waals surface area contributed by atoms with Gasteiger partial charge in [0.05, 0.1) is 0 Å². The lowest BCUT2D eigenvalue weighted by Gasteiger charge is -2.00. The topological polar surface area (TPSA) is 25.2 Å². The van der Waals surface area contributed by atoms with E-state index in [0.717, 1.165) is 27.6 Å². The van der Waals surface area contributed by atoms with Crippen molar-refractivity contribution in [2.24, 2.45) is 0 Å². The van der Waals surface area contributed by atoms with Gasteiger partial charge in [0.25, 0.3) is 0 Å². The highest BCUT2D eigenvalue weighted by Gasteiger charge is 2.07. The molecule has 92 valence electrons. The van der Waals surface area contributed by atoms with Crippen molar-refractivity contribution >= 4 is 49.8 Å². The molecule has 0 aliphatic rings. The highest BCUT2D eigenvalue weighted by molar-refractivity contribution is 9.10. The van der Waals surface area contributed by atoms with Gasteiger partial charge in [-0.25, -0.2) is 0 Å². The van der Waals surface area contributed by atoms with Crippen LogP contribution in [0.3, 0.4) is 0 Å². The SMILES string of the molecule is CCNSc1ccc2oc3cc(Br)ccc3c2c1. The van der Waals surface area contributed by atoms with E-state index in [1.54, 1.807) is 11.9 Å². The zero-order chi connectivity index (χ0) is 12.5. The first-order valence-corrected chi connectivity index (χ1v) is 7.40. The lowest BCUT2D eigenvalue weighted by atomic mass is 10.1. The van der Waals surface area contributed by atoms with Crippen molar-refractivity contribution in [1.29, 1.82) is 0 Å². The van der Waals surface area contributed by atoms with Crippen molar-refractivity contribution in [2.45, 2.75) is 11.8 Å². The molecule has 2 nitrogen and oxygen atoms in total. The summed E-state index contributed by atoms with van der Waals surface area (Å²) < 4.78 is 10.1. The lowest BCUT2D eigenvalue weighted by Crippen LogP contribution is -1.99. The molecule has 3 rings (SSSR count). The van der Waals surface area contributed by atoms with Gasteiger partial charge >= 0.3 is 0 Å². The van der Waals surface area contributed by atoms with Crippen LogP contribution in [-0.4, -0.2) is 6.54 Å². The molecule has 0 unspecified atom stereocenters. The maximum atomic E-state index is 5.83. The van der Waals surface area contributed by atoms with E-state index < -0.39 is 0 Å². The largest absolute Gasteiger partial charge is 0.456 e. The minimum atomic E-state index is 0.921. The summed E-state index contributed by atoms with van der Waals surface area (Å²) in [5.41, 5.74) is 1.86. The molecule has 0 spiro atoms. The molecule has 0 aliphatic heterocycles. The summed E-state index contributed by atoms with van der Waals surface area (Å²) in [6, 6.07) is 12.4. The zero-order valence-electron chi connectivity index (χ0n) is 9.87. The number of fused-ring (bicyclic) bond motifs is 3. The molecule has 0 saturated heterocycles. The van der Waals surface area contributed by atoms with E-state index in [9.17, 15) is 0 Å².